The van der Waals surface area contributed by atoms with E-state index in [4.69, 9.17) is 10.8 Å². The fraction of sp³-hybridized carbons (Fsp3) is 0.0769. The SMILES string of the molecule is FC(F)(F)c1ccc(-c2ccccc2)cc1.N#N. The molecule has 5 heteroatoms. The van der Waals surface area contributed by atoms with Gasteiger partial charge < -0.3 is 0 Å². The van der Waals surface area contributed by atoms with Crippen molar-refractivity contribution in [3.63, 3.8) is 0 Å². The average molecular weight is 250 g/mol. The van der Waals surface area contributed by atoms with E-state index in [2.05, 4.69) is 0 Å². The molecule has 0 aliphatic carbocycles. The molecule has 0 aliphatic rings. The van der Waals surface area contributed by atoms with Crippen molar-refractivity contribution in [3.05, 3.63) is 60.2 Å². The molecular weight excluding hydrogens is 241 g/mol. The summed E-state index contributed by atoms with van der Waals surface area (Å²) in [5.41, 5.74) is 1.08. The molecule has 92 valence electrons. The molecule has 0 aromatic heterocycles. The maximum atomic E-state index is 12.3. The van der Waals surface area contributed by atoms with E-state index in [0.717, 1.165) is 23.3 Å². The smallest absolute Gasteiger partial charge is 0.166 e. The number of benzene rings is 2. The summed E-state index contributed by atoms with van der Waals surface area (Å²) in [7, 11) is 0. The number of hydrogen-bond acceptors (Lipinski definition) is 2. The van der Waals surface area contributed by atoms with Gasteiger partial charge in [-0.3, -0.25) is 0 Å². The van der Waals surface area contributed by atoms with Crippen LogP contribution in [-0.4, -0.2) is 0 Å². The first-order valence-corrected chi connectivity index (χ1v) is 5.00. The molecule has 0 unspecified atom stereocenters. The average Bonchev–Trinajstić information content (AvgIpc) is 2.41. The monoisotopic (exact) mass is 250 g/mol. The predicted molar refractivity (Wildman–Crippen MR) is 60.3 cm³/mol. The molecule has 2 nitrogen and oxygen atoms in total. The summed E-state index contributed by atoms with van der Waals surface area (Å²) >= 11 is 0. The van der Waals surface area contributed by atoms with E-state index in [1.807, 2.05) is 30.3 Å². The van der Waals surface area contributed by atoms with Crippen LogP contribution in [0.2, 0.25) is 0 Å². The van der Waals surface area contributed by atoms with Crippen LogP contribution in [0.4, 0.5) is 13.2 Å². The van der Waals surface area contributed by atoms with Crippen molar-refractivity contribution in [2.75, 3.05) is 0 Å². The minimum absolute atomic E-state index is 0.618. The third-order valence-electron chi connectivity index (χ3n) is 2.32. The van der Waals surface area contributed by atoms with Crippen molar-refractivity contribution in [1.29, 1.82) is 10.8 Å². The summed E-state index contributed by atoms with van der Waals surface area (Å²) in [5.74, 6) is 0. The quantitative estimate of drug-likeness (QED) is 0.704. The van der Waals surface area contributed by atoms with Crippen LogP contribution >= 0.6 is 0 Å². The largest absolute Gasteiger partial charge is 0.416 e. The second-order valence-electron chi connectivity index (χ2n) is 3.44. The van der Waals surface area contributed by atoms with Gasteiger partial charge in [0, 0.05) is 10.8 Å². The first kappa shape index (κ1) is 13.7. The Labute approximate surface area is 102 Å². The van der Waals surface area contributed by atoms with Crippen molar-refractivity contribution in [2.45, 2.75) is 6.18 Å². The van der Waals surface area contributed by atoms with Gasteiger partial charge in [0.15, 0.2) is 0 Å². The highest BCUT2D eigenvalue weighted by Gasteiger charge is 2.29. The van der Waals surface area contributed by atoms with Gasteiger partial charge in [0.1, 0.15) is 0 Å². The molecule has 0 aliphatic heterocycles. The Hall–Kier alpha value is -2.35. The molecule has 0 spiro atoms. The standard InChI is InChI=1S/C13H9F3.N2/c14-13(15,16)12-8-6-11(7-9-12)10-4-2-1-3-5-10;1-2/h1-9H;. The molecule has 0 fully saturated rings. The Kier molecular flexibility index (Phi) is 4.44. The van der Waals surface area contributed by atoms with E-state index in [9.17, 15) is 13.2 Å². The van der Waals surface area contributed by atoms with Crippen molar-refractivity contribution in [2.24, 2.45) is 0 Å². The maximum absolute atomic E-state index is 12.3. The molecule has 0 heterocycles. The Morgan fingerprint density at radius 2 is 1.11 bits per heavy atom. The van der Waals surface area contributed by atoms with Gasteiger partial charge in [0.2, 0.25) is 0 Å². The van der Waals surface area contributed by atoms with E-state index in [1.165, 1.54) is 12.1 Å². The van der Waals surface area contributed by atoms with Gasteiger partial charge in [0.05, 0.1) is 5.56 Å². The van der Waals surface area contributed by atoms with Gasteiger partial charge in [-0.1, -0.05) is 42.5 Å². The van der Waals surface area contributed by atoms with E-state index in [0.29, 0.717) is 0 Å². The van der Waals surface area contributed by atoms with Crippen LogP contribution < -0.4 is 0 Å². The highest BCUT2D eigenvalue weighted by Crippen LogP contribution is 2.30. The molecule has 0 atom stereocenters. The normalized spacial score (nSPS) is 10.3. The highest BCUT2D eigenvalue weighted by molar-refractivity contribution is 5.63. The molecule has 0 radical (unpaired) electrons. The molecule has 2 aromatic rings. The summed E-state index contributed by atoms with van der Waals surface area (Å²) in [5, 5.41) is 12.0. The van der Waals surface area contributed by atoms with Gasteiger partial charge in [-0.15, -0.1) is 0 Å². The van der Waals surface area contributed by atoms with Gasteiger partial charge >= 0.3 is 6.18 Å². The number of nitrogens with zero attached hydrogens (tertiary/aromatic N) is 2. The molecule has 0 N–H and O–H groups in total. The van der Waals surface area contributed by atoms with Crippen molar-refractivity contribution >= 4 is 0 Å². The van der Waals surface area contributed by atoms with Crippen molar-refractivity contribution < 1.29 is 13.2 Å². The Morgan fingerprint density at radius 3 is 1.56 bits per heavy atom. The summed E-state index contributed by atoms with van der Waals surface area (Å²) in [6, 6.07) is 14.5. The minimum Gasteiger partial charge on any atom is -0.166 e. The van der Waals surface area contributed by atoms with Gasteiger partial charge in [-0.25, -0.2) is 0 Å². The lowest BCUT2D eigenvalue weighted by Gasteiger charge is -2.07. The van der Waals surface area contributed by atoms with Gasteiger partial charge in [0.25, 0.3) is 0 Å². The Balaban J connectivity index is 0.000000771. The van der Waals surface area contributed by atoms with Crippen LogP contribution in [-0.2, 0) is 6.18 Å². The number of halogens is 3. The van der Waals surface area contributed by atoms with E-state index < -0.39 is 11.7 Å². The second-order valence-corrected chi connectivity index (χ2v) is 3.44. The first-order valence-electron chi connectivity index (χ1n) is 5.00. The van der Waals surface area contributed by atoms with Crippen LogP contribution in [0.3, 0.4) is 0 Å². The van der Waals surface area contributed by atoms with Crippen molar-refractivity contribution in [1.82, 2.24) is 0 Å². The van der Waals surface area contributed by atoms with Crippen LogP contribution in [0.1, 0.15) is 5.56 Å². The summed E-state index contributed by atoms with van der Waals surface area (Å²) in [6.07, 6.45) is -4.27. The number of rotatable bonds is 1. The third-order valence-corrected chi connectivity index (χ3v) is 2.32. The lowest BCUT2D eigenvalue weighted by atomic mass is 10.0. The molecule has 18 heavy (non-hydrogen) atoms. The summed E-state index contributed by atoms with van der Waals surface area (Å²) < 4.78 is 37.0. The lowest BCUT2D eigenvalue weighted by molar-refractivity contribution is -0.137. The van der Waals surface area contributed by atoms with Crippen LogP contribution in [0, 0.1) is 10.8 Å². The van der Waals surface area contributed by atoms with Crippen LogP contribution in [0.25, 0.3) is 11.1 Å². The molecule has 0 saturated heterocycles. The Morgan fingerprint density at radius 1 is 0.667 bits per heavy atom. The van der Waals surface area contributed by atoms with Crippen LogP contribution in [0.5, 0.6) is 0 Å². The summed E-state index contributed by atoms with van der Waals surface area (Å²) in [6.45, 7) is 0. The number of hydrogen-bond donors (Lipinski definition) is 0. The van der Waals surface area contributed by atoms with E-state index in [1.54, 1.807) is 0 Å². The Bertz CT molecular complexity index is 501. The predicted octanol–water partition coefficient (Wildman–Crippen LogP) is 4.40. The molecule has 2 rings (SSSR count). The van der Waals surface area contributed by atoms with E-state index >= 15 is 0 Å². The minimum atomic E-state index is -4.27. The zero-order chi connectivity index (χ0) is 13.6. The van der Waals surface area contributed by atoms with Crippen molar-refractivity contribution in [3.8, 4) is 11.1 Å². The van der Waals surface area contributed by atoms with Gasteiger partial charge in [-0.05, 0) is 23.3 Å². The third kappa shape index (κ3) is 3.32. The molecule has 0 saturated carbocycles. The zero-order valence-electron chi connectivity index (χ0n) is 9.22. The lowest BCUT2D eigenvalue weighted by Crippen LogP contribution is -2.03. The highest BCUT2D eigenvalue weighted by atomic mass is 19.4. The van der Waals surface area contributed by atoms with E-state index in [-0.39, 0.29) is 0 Å². The number of alkyl halides is 3. The van der Waals surface area contributed by atoms with Crippen LogP contribution in [0.15, 0.2) is 54.6 Å². The first-order chi connectivity index (χ1) is 8.57. The fourth-order valence-electron chi connectivity index (χ4n) is 1.48. The summed E-state index contributed by atoms with van der Waals surface area (Å²) in [4.78, 5) is 0. The molecule has 0 bridgehead atoms. The zero-order valence-corrected chi connectivity index (χ0v) is 9.22. The molecular formula is C13H9F3N2. The fourth-order valence-corrected chi connectivity index (χ4v) is 1.48. The molecule has 0 amide bonds. The van der Waals surface area contributed by atoms with Gasteiger partial charge in [-0.2, -0.15) is 13.2 Å². The second kappa shape index (κ2) is 5.82. The topological polar surface area (TPSA) is 47.6 Å². The molecule has 2 aromatic carbocycles. The maximum Gasteiger partial charge on any atom is 0.416 e.